The summed E-state index contributed by atoms with van der Waals surface area (Å²) >= 11 is 1.61. The first-order valence-electron chi connectivity index (χ1n) is 6.56. The van der Waals surface area contributed by atoms with Crippen molar-refractivity contribution in [3.05, 3.63) is 46.4 Å². The highest BCUT2D eigenvalue weighted by atomic mass is 32.1. The number of carbonyl (C=O) groups excluding carboxylic acids is 1. The maximum atomic E-state index is 11.8. The smallest absolute Gasteiger partial charge is 0.220 e. The van der Waals surface area contributed by atoms with Crippen molar-refractivity contribution in [3.8, 4) is 5.75 Å². The third-order valence-electron chi connectivity index (χ3n) is 2.96. The Morgan fingerprint density at radius 1 is 1.35 bits per heavy atom. The quantitative estimate of drug-likeness (QED) is 0.852. The fourth-order valence-corrected chi connectivity index (χ4v) is 2.55. The SMILES string of the molecule is COc1ccccc1CCC(=O)NCCc1nccs1. The number of nitrogens with one attached hydrogen (secondary N) is 1. The normalized spacial score (nSPS) is 10.2. The number of thiazole rings is 1. The van der Waals surface area contributed by atoms with Gasteiger partial charge in [0.2, 0.25) is 5.91 Å². The molecule has 0 aliphatic carbocycles. The lowest BCUT2D eigenvalue weighted by molar-refractivity contribution is -0.121. The zero-order valence-corrected chi connectivity index (χ0v) is 12.3. The summed E-state index contributed by atoms with van der Waals surface area (Å²) in [6, 6.07) is 7.78. The molecule has 0 fully saturated rings. The monoisotopic (exact) mass is 290 g/mol. The van der Waals surface area contributed by atoms with E-state index in [9.17, 15) is 4.79 Å². The largest absolute Gasteiger partial charge is 0.496 e. The van der Waals surface area contributed by atoms with Gasteiger partial charge in [0.1, 0.15) is 5.75 Å². The second-order valence-electron chi connectivity index (χ2n) is 4.34. The van der Waals surface area contributed by atoms with Gasteiger partial charge in [0.25, 0.3) is 0 Å². The molecular formula is C15H18N2O2S. The number of methoxy groups -OCH3 is 1. The van der Waals surface area contributed by atoms with Gasteiger partial charge in [0.05, 0.1) is 12.1 Å². The fourth-order valence-electron chi connectivity index (χ4n) is 1.93. The predicted molar refractivity (Wildman–Crippen MR) is 80.1 cm³/mol. The topological polar surface area (TPSA) is 51.2 Å². The van der Waals surface area contributed by atoms with E-state index in [2.05, 4.69) is 10.3 Å². The van der Waals surface area contributed by atoms with Crippen molar-refractivity contribution in [2.75, 3.05) is 13.7 Å². The van der Waals surface area contributed by atoms with Crippen molar-refractivity contribution < 1.29 is 9.53 Å². The molecule has 0 aliphatic rings. The van der Waals surface area contributed by atoms with Gasteiger partial charge in [-0.25, -0.2) is 4.98 Å². The number of rotatable bonds is 7. The number of hydrogen-bond donors (Lipinski definition) is 1. The molecule has 20 heavy (non-hydrogen) atoms. The molecule has 5 heteroatoms. The minimum atomic E-state index is 0.0625. The van der Waals surface area contributed by atoms with Gasteiger partial charge in [-0.1, -0.05) is 18.2 Å². The number of aryl methyl sites for hydroxylation is 1. The lowest BCUT2D eigenvalue weighted by atomic mass is 10.1. The summed E-state index contributed by atoms with van der Waals surface area (Å²) in [6.07, 6.45) is 3.73. The Morgan fingerprint density at radius 3 is 2.95 bits per heavy atom. The average molecular weight is 290 g/mol. The first-order chi connectivity index (χ1) is 9.79. The first kappa shape index (κ1) is 14.5. The summed E-state index contributed by atoms with van der Waals surface area (Å²) in [5.74, 6) is 0.899. The predicted octanol–water partition coefficient (Wildman–Crippen LogP) is 2.44. The third kappa shape index (κ3) is 4.35. The van der Waals surface area contributed by atoms with Crippen LogP contribution in [0.1, 0.15) is 17.0 Å². The van der Waals surface area contributed by atoms with Crippen LogP contribution in [-0.4, -0.2) is 24.5 Å². The van der Waals surface area contributed by atoms with Crippen LogP contribution in [0.3, 0.4) is 0 Å². The van der Waals surface area contributed by atoms with E-state index < -0.39 is 0 Å². The molecule has 1 aromatic heterocycles. The Bertz CT molecular complexity index is 541. The molecule has 1 heterocycles. The van der Waals surface area contributed by atoms with E-state index in [1.807, 2.05) is 29.6 Å². The Kier molecular flexibility index (Phi) is 5.55. The van der Waals surface area contributed by atoms with E-state index in [0.29, 0.717) is 19.4 Å². The van der Waals surface area contributed by atoms with E-state index in [4.69, 9.17) is 4.74 Å². The first-order valence-corrected chi connectivity index (χ1v) is 7.44. The van der Waals surface area contributed by atoms with Crippen molar-refractivity contribution >= 4 is 17.2 Å². The molecule has 0 atom stereocenters. The highest BCUT2D eigenvalue weighted by Gasteiger charge is 2.06. The van der Waals surface area contributed by atoms with Gasteiger partial charge >= 0.3 is 0 Å². The highest BCUT2D eigenvalue weighted by Crippen LogP contribution is 2.18. The maximum Gasteiger partial charge on any atom is 0.220 e. The second-order valence-corrected chi connectivity index (χ2v) is 5.32. The van der Waals surface area contributed by atoms with Gasteiger partial charge in [-0.15, -0.1) is 11.3 Å². The van der Waals surface area contributed by atoms with Gasteiger partial charge in [-0.3, -0.25) is 4.79 Å². The molecule has 0 bridgehead atoms. The fraction of sp³-hybridized carbons (Fsp3) is 0.333. The van der Waals surface area contributed by atoms with Gasteiger partial charge in [0.15, 0.2) is 0 Å². The van der Waals surface area contributed by atoms with Crippen LogP contribution < -0.4 is 10.1 Å². The van der Waals surface area contributed by atoms with Gasteiger partial charge < -0.3 is 10.1 Å². The summed E-state index contributed by atoms with van der Waals surface area (Å²) in [6.45, 7) is 0.637. The number of hydrogen-bond acceptors (Lipinski definition) is 4. The summed E-state index contributed by atoms with van der Waals surface area (Å²) in [5.41, 5.74) is 1.06. The number of para-hydroxylation sites is 1. The molecule has 1 aromatic carbocycles. The minimum Gasteiger partial charge on any atom is -0.496 e. The summed E-state index contributed by atoms with van der Waals surface area (Å²) in [4.78, 5) is 16.0. The summed E-state index contributed by atoms with van der Waals surface area (Å²) in [7, 11) is 1.65. The number of carbonyl (C=O) groups is 1. The molecule has 4 nitrogen and oxygen atoms in total. The van der Waals surface area contributed by atoms with Crippen LogP contribution >= 0.6 is 11.3 Å². The Morgan fingerprint density at radius 2 is 2.20 bits per heavy atom. The third-order valence-corrected chi connectivity index (χ3v) is 3.80. The van der Waals surface area contributed by atoms with Crippen molar-refractivity contribution in [1.82, 2.24) is 10.3 Å². The van der Waals surface area contributed by atoms with E-state index in [1.54, 1.807) is 24.6 Å². The molecule has 1 N–H and O–H groups in total. The van der Waals surface area contributed by atoms with Crippen molar-refractivity contribution in [2.45, 2.75) is 19.3 Å². The lowest BCUT2D eigenvalue weighted by Crippen LogP contribution is -2.25. The van der Waals surface area contributed by atoms with Crippen LogP contribution in [0.25, 0.3) is 0 Å². The minimum absolute atomic E-state index is 0.0625. The molecule has 2 rings (SSSR count). The van der Waals surface area contributed by atoms with Crippen molar-refractivity contribution in [2.24, 2.45) is 0 Å². The lowest BCUT2D eigenvalue weighted by Gasteiger charge is -2.08. The van der Waals surface area contributed by atoms with Crippen molar-refractivity contribution in [1.29, 1.82) is 0 Å². The van der Waals surface area contributed by atoms with Gasteiger partial charge in [0, 0.05) is 31.0 Å². The molecule has 0 radical (unpaired) electrons. The summed E-state index contributed by atoms with van der Waals surface area (Å²) in [5, 5.41) is 5.91. The molecule has 2 aromatic rings. The maximum absolute atomic E-state index is 11.8. The zero-order valence-electron chi connectivity index (χ0n) is 11.5. The van der Waals surface area contributed by atoms with Crippen LogP contribution in [0.15, 0.2) is 35.8 Å². The number of aromatic nitrogens is 1. The average Bonchev–Trinajstić information content (AvgIpc) is 2.98. The molecule has 0 unspecified atom stereocenters. The van der Waals surface area contributed by atoms with Crippen LogP contribution in [0.4, 0.5) is 0 Å². The van der Waals surface area contributed by atoms with Crippen LogP contribution in [-0.2, 0) is 17.6 Å². The van der Waals surface area contributed by atoms with E-state index >= 15 is 0 Å². The Labute approximate surface area is 122 Å². The highest BCUT2D eigenvalue weighted by molar-refractivity contribution is 7.09. The number of benzene rings is 1. The van der Waals surface area contributed by atoms with Gasteiger partial charge in [-0.05, 0) is 18.1 Å². The number of ether oxygens (including phenoxy) is 1. The van der Waals surface area contributed by atoms with Crippen molar-refractivity contribution in [3.63, 3.8) is 0 Å². The molecule has 106 valence electrons. The zero-order chi connectivity index (χ0) is 14.2. The molecule has 0 aliphatic heterocycles. The van der Waals surface area contributed by atoms with Crippen LogP contribution in [0, 0.1) is 0 Å². The molecule has 0 spiro atoms. The van der Waals surface area contributed by atoms with Crippen LogP contribution in [0.2, 0.25) is 0 Å². The molecule has 0 saturated heterocycles. The summed E-state index contributed by atoms with van der Waals surface area (Å²) < 4.78 is 5.27. The Balaban J connectivity index is 1.72. The molecular weight excluding hydrogens is 272 g/mol. The molecule has 1 amide bonds. The van der Waals surface area contributed by atoms with Gasteiger partial charge in [-0.2, -0.15) is 0 Å². The number of amides is 1. The second kappa shape index (κ2) is 7.65. The van der Waals surface area contributed by atoms with E-state index in [1.165, 1.54) is 0 Å². The Hall–Kier alpha value is -1.88. The van der Waals surface area contributed by atoms with Crippen LogP contribution in [0.5, 0.6) is 5.75 Å². The standard InChI is InChI=1S/C15H18N2O2S/c1-19-13-5-3-2-4-12(13)6-7-14(18)16-9-8-15-17-10-11-20-15/h2-5,10-11H,6-9H2,1H3,(H,16,18). The van der Waals surface area contributed by atoms with E-state index in [0.717, 1.165) is 22.7 Å². The number of nitrogens with zero attached hydrogens (tertiary/aromatic N) is 1. The molecule has 0 saturated carbocycles. The van der Waals surface area contributed by atoms with E-state index in [-0.39, 0.29) is 5.91 Å².